The van der Waals surface area contributed by atoms with Crippen LogP contribution in [-0.4, -0.2) is 40.1 Å². The number of benzene rings is 2. The van der Waals surface area contributed by atoms with E-state index in [1.807, 2.05) is 48.9 Å². The third kappa shape index (κ3) is 4.45. The lowest BCUT2D eigenvalue weighted by Crippen LogP contribution is -2.28. The third-order valence-electron chi connectivity index (χ3n) is 4.67. The van der Waals surface area contributed by atoms with Crippen LogP contribution in [0, 0.1) is 13.8 Å². The monoisotopic (exact) mass is 392 g/mol. The van der Waals surface area contributed by atoms with Gasteiger partial charge in [0.25, 0.3) is 11.8 Å². The Labute approximate surface area is 169 Å². The molecule has 0 saturated heterocycles. The molecule has 0 aliphatic heterocycles. The van der Waals surface area contributed by atoms with Crippen LogP contribution in [0.25, 0.3) is 5.69 Å². The second kappa shape index (κ2) is 8.60. The van der Waals surface area contributed by atoms with E-state index < -0.39 is 5.91 Å². The van der Waals surface area contributed by atoms with Gasteiger partial charge in [-0.3, -0.25) is 9.59 Å². The molecule has 0 fully saturated rings. The van der Waals surface area contributed by atoms with Crippen molar-refractivity contribution in [1.82, 2.24) is 14.7 Å². The molecule has 0 bridgehead atoms. The lowest BCUT2D eigenvalue weighted by atomic mass is 10.1. The minimum absolute atomic E-state index is 0.212. The zero-order valence-electron chi connectivity index (χ0n) is 16.8. The van der Waals surface area contributed by atoms with Gasteiger partial charge in [0.2, 0.25) is 0 Å². The summed E-state index contributed by atoms with van der Waals surface area (Å²) in [5.74, 6) is -0.479. The average Bonchev–Trinajstić information content (AvgIpc) is 3.00. The van der Waals surface area contributed by atoms with Gasteiger partial charge in [0.05, 0.1) is 16.9 Å². The smallest absolute Gasteiger partial charge is 0.257 e. The van der Waals surface area contributed by atoms with E-state index in [2.05, 4.69) is 5.10 Å². The van der Waals surface area contributed by atoms with Gasteiger partial charge in [-0.2, -0.15) is 5.10 Å². The molecule has 0 unspecified atom stereocenters. The summed E-state index contributed by atoms with van der Waals surface area (Å²) in [6, 6.07) is 16.7. The van der Waals surface area contributed by atoms with Crippen LogP contribution >= 0.6 is 0 Å². The second-order valence-electron chi connectivity index (χ2n) is 6.81. The minimum Gasteiger partial charge on any atom is -0.483 e. The number of aromatic nitrogens is 2. The number of nitrogens with zero attached hydrogens (tertiary/aromatic N) is 3. The van der Waals surface area contributed by atoms with Gasteiger partial charge >= 0.3 is 0 Å². The van der Waals surface area contributed by atoms with Crippen molar-refractivity contribution in [3.8, 4) is 11.4 Å². The SMILES string of the molecule is Cc1nn(-c2ccccc2)c(C)c1CN(C)C(=O)c1ccccc1OCC(N)=O. The van der Waals surface area contributed by atoms with Crippen molar-refractivity contribution in [3.63, 3.8) is 0 Å². The van der Waals surface area contributed by atoms with Crippen LogP contribution in [0.4, 0.5) is 0 Å². The maximum absolute atomic E-state index is 13.0. The summed E-state index contributed by atoms with van der Waals surface area (Å²) < 4.78 is 7.27. The topological polar surface area (TPSA) is 90.4 Å². The summed E-state index contributed by atoms with van der Waals surface area (Å²) in [5, 5.41) is 4.63. The molecule has 0 radical (unpaired) electrons. The number of ether oxygens (including phenoxy) is 1. The summed E-state index contributed by atoms with van der Waals surface area (Å²) in [7, 11) is 1.73. The van der Waals surface area contributed by atoms with Crippen LogP contribution in [0.1, 0.15) is 27.3 Å². The van der Waals surface area contributed by atoms with Crippen molar-refractivity contribution in [2.75, 3.05) is 13.7 Å². The number of carbonyl (C=O) groups is 2. The molecule has 0 aliphatic rings. The van der Waals surface area contributed by atoms with Crippen LogP contribution in [0.2, 0.25) is 0 Å². The minimum atomic E-state index is -0.597. The van der Waals surface area contributed by atoms with Crippen LogP contribution in [-0.2, 0) is 11.3 Å². The van der Waals surface area contributed by atoms with Gasteiger partial charge in [0, 0.05) is 24.8 Å². The summed E-state index contributed by atoms with van der Waals surface area (Å²) in [6.07, 6.45) is 0. The first-order valence-corrected chi connectivity index (χ1v) is 9.24. The normalized spacial score (nSPS) is 10.6. The largest absolute Gasteiger partial charge is 0.483 e. The number of primary amides is 1. The predicted molar refractivity (Wildman–Crippen MR) is 110 cm³/mol. The van der Waals surface area contributed by atoms with Gasteiger partial charge < -0.3 is 15.4 Å². The Morgan fingerprint density at radius 3 is 2.41 bits per heavy atom. The lowest BCUT2D eigenvalue weighted by Gasteiger charge is -2.19. The molecule has 7 heteroatoms. The number of nitrogens with two attached hydrogens (primary N) is 1. The van der Waals surface area contributed by atoms with Gasteiger partial charge in [-0.1, -0.05) is 30.3 Å². The molecule has 150 valence electrons. The van der Waals surface area contributed by atoms with Gasteiger partial charge in [-0.15, -0.1) is 0 Å². The van der Waals surface area contributed by atoms with E-state index in [4.69, 9.17) is 10.5 Å². The molecule has 3 rings (SSSR count). The molecule has 0 aliphatic carbocycles. The molecular formula is C22H24N4O3. The van der Waals surface area contributed by atoms with E-state index >= 15 is 0 Å². The van der Waals surface area contributed by atoms with Crippen LogP contribution in [0.3, 0.4) is 0 Å². The summed E-state index contributed by atoms with van der Waals surface area (Å²) in [6.45, 7) is 4.04. The number of hydrogen-bond donors (Lipinski definition) is 1. The molecule has 3 aromatic rings. The van der Waals surface area contributed by atoms with E-state index in [0.717, 1.165) is 22.6 Å². The fourth-order valence-electron chi connectivity index (χ4n) is 3.16. The standard InChI is InChI=1S/C22H24N4O3/c1-15-19(16(2)26(24-15)17-9-5-4-6-10-17)13-25(3)22(28)18-11-7-8-12-20(18)29-14-21(23)27/h4-12H,13-14H2,1-3H3,(H2,23,27). The third-order valence-corrected chi connectivity index (χ3v) is 4.67. The molecule has 2 aromatic carbocycles. The highest BCUT2D eigenvalue weighted by molar-refractivity contribution is 5.96. The molecule has 1 aromatic heterocycles. The van der Waals surface area contributed by atoms with Gasteiger partial charge in [0.1, 0.15) is 5.75 Å². The number of amides is 2. The quantitative estimate of drug-likeness (QED) is 0.669. The van der Waals surface area contributed by atoms with E-state index in [1.54, 1.807) is 36.2 Å². The molecule has 2 amide bonds. The number of aryl methyl sites for hydroxylation is 1. The van der Waals surface area contributed by atoms with E-state index in [1.165, 1.54) is 0 Å². The van der Waals surface area contributed by atoms with Crippen LogP contribution in [0.15, 0.2) is 54.6 Å². The van der Waals surface area contributed by atoms with Crippen molar-refractivity contribution in [2.45, 2.75) is 20.4 Å². The molecule has 0 spiro atoms. The Bertz CT molecular complexity index is 1030. The zero-order chi connectivity index (χ0) is 21.0. The maximum atomic E-state index is 13.0. The fourth-order valence-corrected chi connectivity index (χ4v) is 3.16. The van der Waals surface area contributed by atoms with Crippen LogP contribution < -0.4 is 10.5 Å². The highest BCUT2D eigenvalue weighted by Crippen LogP contribution is 2.23. The Morgan fingerprint density at radius 1 is 1.07 bits per heavy atom. The van der Waals surface area contributed by atoms with E-state index in [9.17, 15) is 9.59 Å². The number of rotatable bonds is 7. The zero-order valence-corrected chi connectivity index (χ0v) is 16.8. The highest BCUT2D eigenvalue weighted by Gasteiger charge is 2.20. The first kappa shape index (κ1) is 20.1. The van der Waals surface area contributed by atoms with Crippen molar-refractivity contribution in [3.05, 3.63) is 77.1 Å². The Hall–Kier alpha value is -3.61. The Kier molecular flexibility index (Phi) is 5.97. The van der Waals surface area contributed by atoms with Crippen molar-refractivity contribution < 1.29 is 14.3 Å². The Morgan fingerprint density at radius 2 is 1.72 bits per heavy atom. The van der Waals surface area contributed by atoms with E-state index in [0.29, 0.717) is 17.9 Å². The van der Waals surface area contributed by atoms with Crippen molar-refractivity contribution >= 4 is 11.8 Å². The first-order chi connectivity index (χ1) is 13.9. The lowest BCUT2D eigenvalue weighted by molar-refractivity contribution is -0.119. The molecule has 29 heavy (non-hydrogen) atoms. The summed E-state index contributed by atoms with van der Waals surface area (Å²) in [5.41, 5.74) is 9.32. The summed E-state index contributed by atoms with van der Waals surface area (Å²) in [4.78, 5) is 25.6. The van der Waals surface area contributed by atoms with Gasteiger partial charge in [0.15, 0.2) is 6.61 Å². The number of hydrogen-bond acceptors (Lipinski definition) is 4. The predicted octanol–water partition coefficient (Wildman–Crippen LogP) is 2.63. The first-order valence-electron chi connectivity index (χ1n) is 9.24. The molecule has 0 saturated carbocycles. The maximum Gasteiger partial charge on any atom is 0.257 e. The number of carbonyl (C=O) groups excluding carboxylic acids is 2. The molecular weight excluding hydrogens is 368 g/mol. The molecule has 0 atom stereocenters. The molecule has 7 nitrogen and oxygen atoms in total. The average molecular weight is 392 g/mol. The van der Waals surface area contributed by atoms with Gasteiger partial charge in [-0.05, 0) is 38.1 Å². The van der Waals surface area contributed by atoms with Crippen molar-refractivity contribution in [2.24, 2.45) is 5.73 Å². The van der Waals surface area contributed by atoms with E-state index in [-0.39, 0.29) is 12.5 Å². The fraction of sp³-hybridized carbons (Fsp3) is 0.227. The summed E-state index contributed by atoms with van der Waals surface area (Å²) >= 11 is 0. The van der Waals surface area contributed by atoms with Gasteiger partial charge in [-0.25, -0.2) is 4.68 Å². The van der Waals surface area contributed by atoms with Crippen LogP contribution in [0.5, 0.6) is 5.75 Å². The Balaban J connectivity index is 1.83. The highest BCUT2D eigenvalue weighted by atomic mass is 16.5. The number of para-hydroxylation sites is 2. The molecule has 2 N–H and O–H groups in total. The molecule has 1 heterocycles. The second-order valence-corrected chi connectivity index (χ2v) is 6.81. The van der Waals surface area contributed by atoms with Crippen molar-refractivity contribution in [1.29, 1.82) is 0 Å².